The van der Waals surface area contributed by atoms with Crippen LogP contribution in [0.15, 0.2) is 12.3 Å². The molecule has 0 aromatic heterocycles. The molecule has 0 radical (unpaired) electrons. The highest BCUT2D eigenvalue weighted by molar-refractivity contribution is 6.46. The Morgan fingerprint density at radius 2 is 1.73 bits per heavy atom. The molecule has 0 fully saturated rings. The minimum atomic E-state index is -4.40. The predicted octanol–water partition coefficient (Wildman–Crippen LogP) is 3.23. The number of allylic oxidation sites excluding steroid dienone is 1. The van der Waals surface area contributed by atoms with Crippen LogP contribution < -0.4 is 0 Å². The maximum Gasteiger partial charge on any atom is 0.412 e. The molecule has 0 amide bonds. The van der Waals surface area contributed by atoms with Crippen LogP contribution in [-0.2, 0) is 4.74 Å². The van der Waals surface area contributed by atoms with E-state index in [-0.39, 0.29) is 6.08 Å². The summed E-state index contributed by atoms with van der Waals surface area (Å²) in [6.07, 6.45) is -4.10. The Bertz CT molecular complexity index is 147. The zero-order chi connectivity index (χ0) is 9.12. The second-order valence-electron chi connectivity index (χ2n) is 1.77. The van der Waals surface area contributed by atoms with Gasteiger partial charge in [0.2, 0.25) is 0 Å². The van der Waals surface area contributed by atoms with Gasteiger partial charge in [0.1, 0.15) is 0 Å². The Morgan fingerprint density at radius 3 is 2.00 bits per heavy atom. The van der Waals surface area contributed by atoms with Gasteiger partial charge >= 0.3 is 6.18 Å². The number of ether oxygens (including phenoxy) is 1. The fourth-order valence-electron chi connectivity index (χ4n) is 0.231. The monoisotopic (exact) mass is 208 g/mol. The summed E-state index contributed by atoms with van der Waals surface area (Å²) in [5.74, 6) is 0. The smallest absolute Gasteiger partial charge is 0.412 e. The second kappa shape index (κ2) is 3.54. The summed E-state index contributed by atoms with van der Waals surface area (Å²) in [5, 5.41) is 0. The third-order valence-corrected chi connectivity index (χ3v) is 0.710. The van der Waals surface area contributed by atoms with E-state index < -0.39 is 10.7 Å². The van der Waals surface area contributed by atoms with Gasteiger partial charge in [-0.1, -0.05) is 23.2 Å². The molecule has 0 aliphatic heterocycles. The van der Waals surface area contributed by atoms with Gasteiger partial charge in [-0.15, -0.1) is 0 Å². The lowest BCUT2D eigenvalue weighted by molar-refractivity contribution is -0.0819. The van der Waals surface area contributed by atoms with Gasteiger partial charge in [0, 0.05) is 6.92 Å². The molecule has 0 atom stereocenters. The molecule has 0 spiro atoms. The van der Waals surface area contributed by atoms with E-state index in [0.29, 0.717) is 6.26 Å². The van der Waals surface area contributed by atoms with Gasteiger partial charge in [-0.2, -0.15) is 13.2 Å². The van der Waals surface area contributed by atoms with E-state index in [1.807, 2.05) is 0 Å². The zero-order valence-corrected chi connectivity index (χ0v) is 6.96. The van der Waals surface area contributed by atoms with Crippen LogP contribution in [-0.4, -0.2) is 10.7 Å². The van der Waals surface area contributed by atoms with Crippen molar-refractivity contribution in [2.24, 2.45) is 0 Å². The van der Waals surface area contributed by atoms with E-state index in [1.165, 1.54) is 6.92 Å². The van der Waals surface area contributed by atoms with Gasteiger partial charge in [-0.25, -0.2) is 0 Å². The van der Waals surface area contributed by atoms with Gasteiger partial charge in [0.25, 0.3) is 4.52 Å². The van der Waals surface area contributed by atoms with Crippen LogP contribution >= 0.6 is 23.2 Å². The minimum absolute atomic E-state index is 0.101. The van der Waals surface area contributed by atoms with Crippen molar-refractivity contribution >= 4 is 23.2 Å². The van der Waals surface area contributed by atoms with E-state index in [0.717, 1.165) is 0 Å². The molecule has 6 heteroatoms. The first-order valence-corrected chi connectivity index (χ1v) is 3.26. The molecular formula is C5H5Cl2F3O. The molecule has 0 aromatic rings. The van der Waals surface area contributed by atoms with Crippen LogP contribution in [0.5, 0.6) is 0 Å². The first-order chi connectivity index (χ1) is 4.71. The number of hydrogen-bond acceptors (Lipinski definition) is 1. The van der Waals surface area contributed by atoms with Gasteiger partial charge in [-0.3, -0.25) is 0 Å². The SMILES string of the molecule is CC(Cl)(Cl)O/C=C/C(F)(F)F. The first-order valence-electron chi connectivity index (χ1n) is 2.51. The topological polar surface area (TPSA) is 9.23 Å². The third kappa shape index (κ3) is 9.91. The highest BCUT2D eigenvalue weighted by Crippen LogP contribution is 2.23. The minimum Gasteiger partial charge on any atom is -0.466 e. The van der Waals surface area contributed by atoms with Crippen LogP contribution in [0.1, 0.15) is 6.92 Å². The average molecular weight is 209 g/mol. The molecule has 66 valence electrons. The molecule has 0 aliphatic rings. The summed E-state index contributed by atoms with van der Waals surface area (Å²) in [6, 6.07) is 0. The number of hydrogen-bond donors (Lipinski definition) is 0. The summed E-state index contributed by atoms with van der Waals surface area (Å²) >= 11 is 10.4. The quantitative estimate of drug-likeness (QED) is 0.501. The van der Waals surface area contributed by atoms with Crippen molar-refractivity contribution < 1.29 is 17.9 Å². The highest BCUT2D eigenvalue weighted by atomic mass is 35.5. The molecule has 1 nitrogen and oxygen atoms in total. The van der Waals surface area contributed by atoms with Crippen molar-refractivity contribution in [3.05, 3.63) is 12.3 Å². The first kappa shape index (κ1) is 10.9. The van der Waals surface area contributed by atoms with Crippen LogP contribution in [0.3, 0.4) is 0 Å². The lowest BCUT2D eigenvalue weighted by Crippen LogP contribution is -2.09. The molecule has 0 rings (SSSR count). The van der Waals surface area contributed by atoms with E-state index in [9.17, 15) is 13.2 Å². The summed E-state index contributed by atoms with van der Waals surface area (Å²) in [5.41, 5.74) is 0. The average Bonchev–Trinajstić information content (AvgIpc) is 1.55. The van der Waals surface area contributed by atoms with Crippen LogP contribution in [0.25, 0.3) is 0 Å². The molecule has 0 bridgehead atoms. The molecule has 0 aliphatic carbocycles. The van der Waals surface area contributed by atoms with Gasteiger partial charge in [0.15, 0.2) is 0 Å². The van der Waals surface area contributed by atoms with Crippen LogP contribution in [0.4, 0.5) is 13.2 Å². The normalized spacial score (nSPS) is 14.0. The molecule has 0 N–H and O–H groups in total. The number of alkyl halides is 5. The van der Waals surface area contributed by atoms with E-state index >= 15 is 0 Å². The van der Waals surface area contributed by atoms with E-state index in [1.54, 1.807) is 0 Å². The summed E-state index contributed by atoms with van der Waals surface area (Å²) in [6.45, 7) is 1.21. The standard InChI is InChI=1S/C5H5Cl2F3O/c1-4(6,7)11-3-2-5(8,9)10/h2-3H,1H3/b3-2+. The molecule has 0 aromatic carbocycles. The second-order valence-corrected chi connectivity index (χ2v) is 3.41. The highest BCUT2D eigenvalue weighted by Gasteiger charge is 2.23. The van der Waals surface area contributed by atoms with Gasteiger partial charge < -0.3 is 4.74 Å². The maximum atomic E-state index is 11.4. The molecule has 0 heterocycles. The largest absolute Gasteiger partial charge is 0.466 e. The van der Waals surface area contributed by atoms with Crippen molar-refractivity contribution in [2.45, 2.75) is 17.6 Å². The Kier molecular flexibility index (Phi) is 3.51. The van der Waals surface area contributed by atoms with Crippen LogP contribution in [0.2, 0.25) is 0 Å². The summed E-state index contributed by atoms with van der Waals surface area (Å²) in [7, 11) is 0. The van der Waals surface area contributed by atoms with Crippen LogP contribution in [0, 0.1) is 0 Å². The van der Waals surface area contributed by atoms with Crippen molar-refractivity contribution in [3.63, 3.8) is 0 Å². The molecule has 0 saturated carbocycles. The third-order valence-electron chi connectivity index (χ3n) is 0.532. The van der Waals surface area contributed by atoms with Gasteiger partial charge in [0.05, 0.1) is 12.3 Å². The summed E-state index contributed by atoms with van der Waals surface area (Å²) < 4.78 is 36.7. The fourth-order valence-corrected chi connectivity index (χ4v) is 0.334. The molecule has 11 heavy (non-hydrogen) atoms. The Morgan fingerprint density at radius 1 is 1.27 bits per heavy atom. The number of halogens is 5. The lowest BCUT2D eigenvalue weighted by Gasteiger charge is -2.11. The predicted molar refractivity (Wildman–Crippen MR) is 36.4 cm³/mol. The van der Waals surface area contributed by atoms with Crippen molar-refractivity contribution in [2.75, 3.05) is 0 Å². The molecular weight excluding hydrogens is 204 g/mol. The zero-order valence-electron chi connectivity index (χ0n) is 5.45. The van der Waals surface area contributed by atoms with Crippen molar-refractivity contribution in [3.8, 4) is 0 Å². The van der Waals surface area contributed by atoms with Crippen molar-refractivity contribution in [1.82, 2.24) is 0 Å². The molecule has 0 saturated heterocycles. The van der Waals surface area contributed by atoms with Crippen molar-refractivity contribution in [1.29, 1.82) is 0 Å². The lowest BCUT2D eigenvalue weighted by atomic mass is 10.6. The molecule has 0 unspecified atom stereocenters. The maximum absolute atomic E-state index is 11.4. The van der Waals surface area contributed by atoms with E-state index in [4.69, 9.17) is 23.2 Å². The summed E-state index contributed by atoms with van der Waals surface area (Å²) in [4.78, 5) is 0. The van der Waals surface area contributed by atoms with E-state index in [2.05, 4.69) is 4.74 Å². The Hall–Kier alpha value is -0.0900. The Balaban J connectivity index is 3.80. The fraction of sp³-hybridized carbons (Fsp3) is 0.600. The Labute approximate surface area is 71.7 Å². The van der Waals surface area contributed by atoms with Gasteiger partial charge in [-0.05, 0) is 0 Å². The number of rotatable bonds is 2.